The monoisotopic (exact) mass is 843 g/mol. The maximum Gasteiger partial charge on any atom is 0.164 e. The molecule has 0 fully saturated rings. The standard InChI is InChI=1S/C59H37N7/c60-38-39-27-29-40(30-28-39)52-36-47-32-31-46(45-23-13-25-49(33-45)58-63-54(41-15-5-1-6-16-41)61-55(64-58)42-17-7-2-8-18-42)34-51(47)37-53(52)48-24-14-26-50(35-48)59-65-56(43-19-9-3-10-20-43)62-57(66-59)44-21-11-4-12-22-44/h1-37H. The summed E-state index contributed by atoms with van der Waals surface area (Å²) >= 11 is 0. The molecule has 0 saturated carbocycles. The maximum absolute atomic E-state index is 9.64. The van der Waals surface area contributed by atoms with Gasteiger partial charge in [-0.15, -0.1) is 0 Å². The lowest BCUT2D eigenvalue weighted by Gasteiger charge is -2.15. The lowest BCUT2D eigenvalue weighted by molar-refractivity contribution is 1.07. The van der Waals surface area contributed by atoms with E-state index in [1.807, 2.05) is 152 Å². The first-order valence-corrected chi connectivity index (χ1v) is 21.7. The highest BCUT2D eigenvalue weighted by Gasteiger charge is 2.17. The van der Waals surface area contributed by atoms with E-state index in [1.54, 1.807) is 0 Å². The van der Waals surface area contributed by atoms with Crippen LogP contribution in [0, 0.1) is 11.3 Å². The molecule has 11 rings (SSSR count). The Hall–Kier alpha value is -9.25. The zero-order chi connectivity index (χ0) is 44.2. The number of aromatic nitrogens is 6. The molecule has 0 aliphatic carbocycles. The average Bonchev–Trinajstić information content (AvgIpc) is 3.41. The molecule has 0 amide bonds. The Balaban J connectivity index is 1.02. The fraction of sp³-hybridized carbons (Fsp3) is 0. The van der Waals surface area contributed by atoms with Gasteiger partial charge in [0.1, 0.15) is 0 Å². The fourth-order valence-electron chi connectivity index (χ4n) is 8.22. The van der Waals surface area contributed by atoms with Gasteiger partial charge in [0.25, 0.3) is 0 Å². The first-order chi connectivity index (χ1) is 32.6. The van der Waals surface area contributed by atoms with Crippen LogP contribution < -0.4 is 0 Å². The predicted molar refractivity (Wildman–Crippen MR) is 264 cm³/mol. The van der Waals surface area contributed by atoms with Gasteiger partial charge >= 0.3 is 0 Å². The van der Waals surface area contributed by atoms with E-state index in [1.165, 1.54) is 0 Å². The second-order valence-corrected chi connectivity index (χ2v) is 15.9. The van der Waals surface area contributed by atoms with Gasteiger partial charge in [0.15, 0.2) is 34.9 Å². The highest BCUT2D eigenvalue weighted by molar-refractivity contribution is 5.98. The molecule has 11 aromatic rings. The average molecular weight is 844 g/mol. The van der Waals surface area contributed by atoms with Crippen LogP contribution in [0.1, 0.15) is 5.56 Å². The zero-order valence-corrected chi connectivity index (χ0v) is 35.5. The van der Waals surface area contributed by atoms with E-state index in [4.69, 9.17) is 29.9 Å². The number of rotatable bonds is 9. The van der Waals surface area contributed by atoms with E-state index < -0.39 is 0 Å². The third-order valence-corrected chi connectivity index (χ3v) is 11.6. The van der Waals surface area contributed by atoms with Gasteiger partial charge in [-0.05, 0) is 86.6 Å². The van der Waals surface area contributed by atoms with E-state index in [0.717, 1.165) is 77.5 Å². The molecule has 0 radical (unpaired) electrons. The molecule has 7 nitrogen and oxygen atoms in total. The molecule has 0 aliphatic heterocycles. The van der Waals surface area contributed by atoms with Crippen molar-refractivity contribution in [2.75, 3.05) is 0 Å². The molecule has 0 bridgehead atoms. The van der Waals surface area contributed by atoms with Crippen LogP contribution in [0.3, 0.4) is 0 Å². The van der Waals surface area contributed by atoms with Gasteiger partial charge in [-0.25, -0.2) is 29.9 Å². The summed E-state index contributed by atoms with van der Waals surface area (Å²) < 4.78 is 0. The molecule has 0 spiro atoms. The minimum Gasteiger partial charge on any atom is -0.208 e. The van der Waals surface area contributed by atoms with E-state index >= 15 is 0 Å². The fourth-order valence-corrected chi connectivity index (χ4v) is 8.22. The van der Waals surface area contributed by atoms with Crippen molar-refractivity contribution >= 4 is 10.8 Å². The van der Waals surface area contributed by atoms with Gasteiger partial charge in [0.05, 0.1) is 11.6 Å². The molecule has 0 saturated heterocycles. The topological polar surface area (TPSA) is 101 Å². The van der Waals surface area contributed by atoms with Crippen LogP contribution in [0.25, 0.3) is 112 Å². The summed E-state index contributed by atoms with van der Waals surface area (Å²) in [6.07, 6.45) is 0. The van der Waals surface area contributed by atoms with Crippen LogP contribution in [0.2, 0.25) is 0 Å². The van der Waals surface area contributed by atoms with Crippen molar-refractivity contribution in [3.8, 4) is 108 Å². The number of hydrogen-bond donors (Lipinski definition) is 0. The van der Waals surface area contributed by atoms with E-state index in [0.29, 0.717) is 40.5 Å². The molecule has 0 N–H and O–H groups in total. The van der Waals surface area contributed by atoms with Crippen LogP contribution in [0.5, 0.6) is 0 Å². The molecule has 7 heteroatoms. The Morgan fingerprint density at radius 2 is 0.576 bits per heavy atom. The highest BCUT2D eigenvalue weighted by atomic mass is 15.0. The Bertz CT molecular complexity index is 3460. The Morgan fingerprint density at radius 1 is 0.242 bits per heavy atom. The van der Waals surface area contributed by atoms with Crippen LogP contribution in [0.15, 0.2) is 224 Å². The van der Waals surface area contributed by atoms with Crippen LogP contribution in [-0.4, -0.2) is 29.9 Å². The van der Waals surface area contributed by atoms with Gasteiger partial charge < -0.3 is 0 Å². The van der Waals surface area contributed by atoms with Crippen LogP contribution in [-0.2, 0) is 0 Å². The lowest BCUT2D eigenvalue weighted by atomic mass is 9.89. The number of fused-ring (bicyclic) bond motifs is 1. The van der Waals surface area contributed by atoms with Crippen molar-refractivity contribution in [2.24, 2.45) is 0 Å². The first-order valence-electron chi connectivity index (χ1n) is 21.7. The van der Waals surface area contributed by atoms with Gasteiger partial charge in [-0.2, -0.15) is 5.26 Å². The van der Waals surface area contributed by atoms with Crippen molar-refractivity contribution in [2.45, 2.75) is 0 Å². The molecule has 2 aromatic heterocycles. The predicted octanol–water partition coefficient (Wildman–Crippen LogP) is 14.1. The van der Waals surface area contributed by atoms with Crippen molar-refractivity contribution in [1.29, 1.82) is 5.26 Å². The van der Waals surface area contributed by atoms with Gasteiger partial charge in [-0.3, -0.25) is 0 Å². The summed E-state index contributed by atoms with van der Waals surface area (Å²) in [6.45, 7) is 0. The third-order valence-electron chi connectivity index (χ3n) is 11.6. The minimum atomic E-state index is 0.581. The number of nitriles is 1. The molecular formula is C59H37N7. The first kappa shape index (κ1) is 39.6. The molecule has 66 heavy (non-hydrogen) atoms. The van der Waals surface area contributed by atoms with Crippen LogP contribution in [0.4, 0.5) is 0 Å². The lowest BCUT2D eigenvalue weighted by Crippen LogP contribution is -2.00. The highest BCUT2D eigenvalue weighted by Crippen LogP contribution is 2.39. The number of benzene rings is 9. The molecule has 0 aliphatic rings. The van der Waals surface area contributed by atoms with E-state index in [2.05, 4.69) is 78.9 Å². The maximum atomic E-state index is 9.64. The second-order valence-electron chi connectivity index (χ2n) is 15.9. The second kappa shape index (κ2) is 17.5. The van der Waals surface area contributed by atoms with Gasteiger partial charge in [0.2, 0.25) is 0 Å². The molecule has 0 atom stereocenters. The normalized spacial score (nSPS) is 11.0. The molecule has 9 aromatic carbocycles. The summed E-state index contributed by atoms with van der Waals surface area (Å²) in [7, 11) is 0. The van der Waals surface area contributed by atoms with Crippen molar-refractivity contribution < 1.29 is 0 Å². The SMILES string of the molecule is N#Cc1ccc(-c2cc3ccc(-c4cccc(-c5nc(-c6ccccc6)nc(-c6ccccc6)n5)c4)cc3cc2-c2cccc(-c3nc(-c4ccccc4)nc(-c4ccccc4)n3)c2)cc1. The quantitative estimate of drug-likeness (QED) is 0.143. The Morgan fingerprint density at radius 3 is 1.03 bits per heavy atom. The molecule has 308 valence electrons. The van der Waals surface area contributed by atoms with Crippen molar-refractivity contribution in [3.05, 3.63) is 230 Å². The summed E-state index contributed by atoms with van der Waals surface area (Å²) in [5, 5.41) is 11.8. The van der Waals surface area contributed by atoms with Crippen LogP contribution >= 0.6 is 0 Å². The summed E-state index contributed by atoms with van der Waals surface area (Å²) in [5.41, 5.74) is 12.2. The summed E-state index contributed by atoms with van der Waals surface area (Å²) in [4.78, 5) is 29.9. The number of hydrogen-bond acceptors (Lipinski definition) is 7. The Labute approximate surface area is 382 Å². The van der Waals surface area contributed by atoms with Crippen molar-refractivity contribution in [1.82, 2.24) is 29.9 Å². The summed E-state index contributed by atoms with van der Waals surface area (Å²) in [5.74, 6) is 3.63. The summed E-state index contributed by atoms with van der Waals surface area (Å²) in [6, 6.07) is 78.0. The molecule has 0 unspecified atom stereocenters. The third kappa shape index (κ3) is 8.10. The Kier molecular flexibility index (Phi) is 10.5. The smallest absolute Gasteiger partial charge is 0.164 e. The van der Waals surface area contributed by atoms with Gasteiger partial charge in [0, 0.05) is 33.4 Å². The van der Waals surface area contributed by atoms with Gasteiger partial charge in [-0.1, -0.05) is 182 Å². The number of nitrogens with zero attached hydrogens (tertiary/aromatic N) is 7. The van der Waals surface area contributed by atoms with Crippen molar-refractivity contribution in [3.63, 3.8) is 0 Å². The largest absolute Gasteiger partial charge is 0.208 e. The van der Waals surface area contributed by atoms with E-state index in [-0.39, 0.29) is 0 Å². The zero-order valence-electron chi connectivity index (χ0n) is 35.5. The molecule has 2 heterocycles. The molecular weight excluding hydrogens is 807 g/mol. The minimum absolute atomic E-state index is 0.581. The van der Waals surface area contributed by atoms with E-state index in [9.17, 15) is 5.26 Å².